The lowest BCUT2D eigenvalue weighted by molar-refractivity contribution is 0.0496. The second-order valence-electron chi connectivity index (χ2n) is 3.82. The Morgan fingerprint density at radius 2 is 2.05 bits per heavy atom. The molecule has 0 aliphatic heterocycles. The number of aromatic nitrogens is 2. The number of benzene rings is 1. The molecule has 0 saturated heterocycles. The van der Waals surface area contributed by atoms with Gasteiger partial charge in [-0.25, -0.2) is 19.2 Å². The van der Waals surface area contributed by atoms with E-state index in [9.17, 15) is 9.18 Å². The van der Waals surface area contributed by atoms with Gasteiger partial charge in [0.15, 0.2) is 11.5 Å². The Kier molecular flexibility index (Phi) is 4.17. The number of halogens is 3. The van der Waals surface area contributed by atoms with Gasteiger partial charge in [0, 0.05) is 5.02 Å². The number of carbonyl (C=O) groups excluding carboxylic acids is 1. The van der Waals surface area contributed by atoms with E-state index in [-0.39, 0.29) is 27.1 Å². The molecule has 2 N–H and O–H groups in total. The van der Waals surface area contributed by atoms with Gasteiger partial charge in [-0.2, -0.15) is 5.90 Å². The molecule has 0 aliphatic carbocycles. The van der Waals surface area contributed by atoms with E-state index in [0.29, 0.717) is 5.69 Å². The van der Waals surface area contributed by atoms with Crippen LogP contribution in [-0.2, 0) is 4.84 Å². The monoisotopic (exact) mass is 315 g/mol. The third-order valence-corrected chi connectivity index (χ3v) is 3.18. The van der Waals surface area contributed by atoms with Crippen molar-refractivity contribution in [3.63, 3.8) is 0 Å². The first-order valence-corrected chi connectivity index (χ1v) is 6.10. The molecule has 0 aliphatic rings. The number of nitrogens with two attached hydrogens (primary N) is 1. The Labute approximate surface area is 123 Å². The molecule has 2 aromatic rings. The minimum absolute atomic E-state index is 0.00132. The molecule has 0 unspecified atom stereocenters. The van der Waals surface area contributed by atoms with Crippen molar-refractivity contribution in [3.8, 4) is 11.4 Å². The number of nitrogens with zero attached hydrogens (tertiary/aromatic N) is 2. The fourth-order valence-electron chi connectivity index (χ4n) is 1.54. The van der Waals surface area contributed by atoms with Crippen LogP contribution in [0.1, 0.15) is 16.2 Å². The van der Waals surface area contributed by atoms with Gasteiger partial charge >= 0.3 is 5.97 Å². The van der Waals surface area contributed by atoms with Gasteiger partial charge in [0.05, 0.1) is 16.3 Å². The van der Waals surface area contributed by atoms with Crippen molar-refractivity contribution in [2.45, 2.75) is 6.92 Å². The van der Waals surface area contributed by atoms with Crippen LogP contribution >= 0.6 is 23.2 Å². The van der Waals surface area contributed by atoms with Gasteiger partial charge in [-0.15, -0.1) is 0 Å². The highest BCUT2D eigenvalue weighted by molar-refractivity contribution is 6.33. The Morgan fingerprint density at radius 3 is 2.65 bits per heavy atom. The summed E-state index contributed by atoms with van der Waals surface area (Å²) in [4.78, 5) is 23.5. The van der Waals surface area contributed by atoms with Gasteiger partial charge in [-0.1, -0.05) is 23.2 Å². The number of rotatable bonds is 2. The second kappa shape index (κ2) is 5.70. The smallest absolute Gasteiger partial charge is 0.368 e. The summed E-state index contributed by atoms with van der Waals surface area (Å²) in [6, 6.07) is 4.00. The van der Waals surface area contributed by atoms with Crippen LogP contribution in [0.4, 0.5) is 4.39 Å². The number of carbonyl (C=O) groups is 1. The van der Waals surface area contributed by atoms with E-state index in [1.807, 2.05) is 0 Å². The third kappa shape index (κ3) is 2.72. The van der Waals surface area contributed by atoms with E-state index < -0.39 is 11.8 Å². The van der Waals surface area contributed by atoms with Crippen molar-refractivity contribution in [1.82, 2.24) is 9.97 Å². The van der Waals surface area contributed by atoms with E-state index >= 15 is 0 Å². The first-order chi connectivity index (χ1) is 9.43. The zero-order valence-corrected chi connectivity index (χ0v) is 11.7. The van der Waals surface area contributed by atoms with Crippen LogP contribution < -0.4 is 5.90 Å². The maximum absolute atomic E-state index is 13.8. The maximum atomic E-state index is 13.8. The van der Waals surface area contributed by atoms with Crippen LogP contribution in [-0.4, -0.2) is 15.9 Å². The van der Waals surface area contributed by atoms with E-state index in [4.69, 9.17) is 29.1 Å². The van der Waals surface area contributed by atoms with Gasteiger partial charge in [0.1, 0.15) is 5.82 Å². The normalized spacial score (nSPS) is 10.4. The maximum Gasteiger partial charge on any atom is 0.377 e. The van der Waals surface area contributed by atoms with Crippen molar-refractivity contribution in [1.29, 1.82) is 0 Å². The molecule has 0 fully saturated rings. The first-order valence-electron chi connectivity index (χ1n) is 5.34. The zero-order valence-electron chi connectivity index (χ0n) is 10.2. The highest BCUT2D eigenvalue weighted by Gasteiger charge is 2.20. The van der Waals surface area contributed by atoms with Crippen LogP contribution in [0.5, 0.6) is 0 Å². The first kappa shape index (κ1) is 14.6. The standard InChI is InChI=1S/C12H8Cl2FN3O2/c1-5-9(14)10(12(19)20-16)18-11(17-5)7-3-2-6(13)4-8(7)15/h2-4H,16H2,1H3. The van der Waals surface area contributed by atoms with Gasteiger partial charge in [-0.3, -0.25) is 0 Å². The van der Waals surface area contributed by atoms with Gasteiger partial charge < -0.3 is 4.84 Å². The number of hydrogen-bond acceptors (Lipinski definition) is 5. The summed E-state index contributed by atoms with van der Waals surface area (Å²) in [5, 5.41) is 0.233. The minimum atomic E-state index is -0.934. The molecule has 0 atom stereocenters. The number of aryl methyl sites for hydroxylation is 1. The molecule has 1 aromatic carbocycles. The third-order valence-electron chi connectivity index (χ3n) is 2.49. The predicted molar refractivity (Wildman–Crippen MR) is 71.8 cm³/mol. The van der Waals surface area contributed by atoms with Gasteiger partial charge in [-0.05, 0) is 25.1 Å². The topological polar surface area (TPSA) is 78.1 Å². The molecular weight excluding hydrogens is 308 g/mol. The summed E-state index contributed by atoms with van der Waals surface area (Å²) in [6.07, 6.45) is 0. The average molecular weight is 316 g/mol. The number of hydrogen-bond donors (Lipinski definition) is 1. The predicted octanol–water partition coefficient (Wildman–Crippen LogP) is 2.93. The molecule has 2 rings (SSSR count). The van der Waals surface area contributed by atoms with E-state index in [2.05, 4.69) is 14.8 Å². The fraction of sp³-hybridized carbons (Fsp3) is 0.0833. The van der Waals surface area contributed by atoms with Gasteiger partial charge in [0.25, 0.3) is 0 Å². The highest BCUT2D eigenvalue weighted by Crippen LogP contribution is 2.26. The lowest BCUT2D eigenvalue weighted by atomic mass is 10.2. The molecule has 104 valence electrons. The molecule has 1 aromatic heterocycles. The summed E-state index contributed by atoms with van der Waals surface area (Å²) in [7, 11) is 0. The largest absolute Gasteiger partial charge is 0.377 e. The van der Waals surface area contributed by atoms with Crippen LogP contribution in [0.15, 0.2) is 18.2 Å². The summed E-state index contributed by atoms with van der Waals surface area (Å²) in [6.45, 7) is 1.55. The molecule has 0 bridgehead atoms. The van der Waals surface area contributed by atoms with Crippen LogP contribution in [0.25, 0.3) is 11.4 Å². The van der Waals surface area contributed by atoms with Crippen molar-refractivity contribution >= 4 is 29.2 Å². The lowest BCUT2D eigenvalue weighted by Crippen LogP contribution is -2.14. The van der Waals surface area contributed by atoms with Crippen LogP contribution in [0, 0.1) is 12.7 Å². The summed E-state index contributed by atoms with van der Waals surface area (Å²) >= 11 is 11.6. The molecule has 0 amide bonds. The average Bonchev–Trinajstić information content (AvgIpc) is 2.41. The van der Waals surface area contributed by atoms with Crippen molar-refractivity contribution < 1.29 is 14.0 Å². The molecule has 8 heteroatoms. The Morgan fingerprint density at radius 1 is 1.35 bits per heavy atom. The minimum Gasteiger partial charge on any atom is -0.368 e. The van der Waals surface area contributed by atoms with E-state index in [1.54, 1.807) is 6.92 Å². The van der Waals surface area contributed by atoms with Gasteiger partial charge in [0.2, 0.25) is 0 Å². The summed E-state index contributed by atoms with van der Waals surface area (Å²) in [5.41, 5.74) is 0.151. The highest BCUT2D eigenvalue weighted by atomic mass is 35.5. The molecular formula is C12H8Cl2FN3O2. The Balaban J connectivity index is 2.63. The Bertz CT molecular complexity index is 695. The Hall–Kier alpha value is -1.76. The van der Waals surface area contributed by atoms with Crippen LogP contribution in [0.3, 0.4) is 0 Å². The van der Waals surface area contributed by atoms with E-state index in [1.165, 1.54) is 12.1 Å². The van der Waals surface area contributed by atoms with Crippen molar-refractivity contribution in [2.24, 2.45) is 5.90 Å². The molecule has 0 saturated carbocycles. The zero-order chi connectivity index (χ0) is 14.9. The quantitative estimate of drug-likeness (QED) is 0.862. The van der Waals surface area contributed by atoms with E-state index in [0.717, 1.165) is 6.07 Å². The molecule has 0 spiro atoms. The second-order valence-corrected chi connectivity index (χ2v) is 4.64. The SMILES string of the molecule is Cc1nc(-c2ccc(Cl)cc2F)nc(C(=O)ON)c1Cl. The van der Waals surface area contributed by atoms with Crippen molar-refractivity contribution in [2.75, 3.05) is 0 Å². The molecule has 5 nitrogen and oxygen atoms in total. The fourth-order valence-corrected chi connectivity index (χ4v) is 1.86. The molecule has 1 heterocycles. The summed E-state index contributed by atoms with van der Waals surface area (Å²) in [5.74, 6) is 3.24. The molecule has 20 heavy (non-hydrogen) atoms. The summed E-state index contributed by atoms with van der Waals surface area (Å²) < 4.78 is 13.8. The van der Waals surface area contributed by atoms with Crippen molar-refractivity contribution in [3.05, 3.63) is 45.4 Å². The van der Waals surface area contributed by atoms with Crippen LogP contribution in [0.2, 0.25) is 10.0 Å². The lowest BCUT2D eigenvalue weighted by Gasteiger charge is -2.08. The molecule has 0 radical (unpaired) electrons.